The van der Waals surface area contributed by atoms with E-state index < -0.39 is 6.29 Å². The highest BCUT2D eigenvalue weighted by Gasteiger charge is 2.24. The number of nitrogens with one attached hydrogen (secondary N) is 1. The van der Waals surface area contributed by atoms with E-state index in [4.69, 9.17) is 14.2 Å². The van der Waals surface area contributed by atoms with Crippen LogP contribution in [0.1, 0.15) is 18.5 Å². The van der Waals surface area contributed by atoms with E-state index >= 15 is 0 Å². The second kappa shape index (κ2) is 7.31. The fourth-order valence-electron chi connectivity index (χ4n) is 1.83. The summed E-state index contributed by atoms with van der Waals surface area (Å²) >= 11 is 0. The molecule has 0 saturated carbocycles. The van der Waals surface area contributed by atoms with Gasteiger partial charge in [-0.25, -0.2) is 4.39 Å². The van der Waals surface area contributed by atoms with Gasteiger partial charge in [-0.05, 0) is 12.6 Å². The molecular weight excluding hydrogens is 237 g/mol. The summed E-state index contributed by atoms with van der Waals surface area (Å²) in [6.07, 6.45) is -0.548. The SMILES string of the molecule is CCNC(c1ccc(OC)cc1F)C(OC)OC. The Bertz CT molecular complexity index is 369. The van der Waals surface area contributed by atoms with Gasteiger partial charge in [0.05, 0.1) is 13.2 Å². The van der Waals surface area contributed by atoms with Crippen LogP contribution in [-0.4, -0.2) is 34.2 Å². The predicted molar refractivity (Wildman–Crippen MR) is 67.2 cm³/mol. The molecule has 0 bridgehead atoms. The first-order valence-corrected chi connectivity index (χ1v) is 5.80. The first-order valence-electron chi connectivity index (χ1n) is 5.80. The first-order chi connectivity index (χ1) is 8.67. The lowest BCUT2D eigenvalue weighted by Crippen LogP contribution is -2.35. The number of rotatable bonds is 7. The monoisotopic (exact) mass is 257 g/mol. The lowest BCUT2D eigenvalue weighted by atomic mass is 10.1. The molecule has 1 atom stereocenters. The average molecular weight is 257 g/mol. The molecule has 0 heterocycles. The van der Waals surface area contributed by atoms with E-state index in [1.54, 1.807) is 12.1 Å². The zero-order valence-electron chi connectivity index (χ0n) is 11.2. The Kier molecular flexibility index (Phi) is 6.04. The highest BCUT2D eigenvalue weighted by Crippen LogP contribution is 2.25. The molecule has 0 fully saturated rings. The second-order valence-electron chi connectivity index (χ2n) is 3.76. The number of hydrogen-bond donors (Lipinski definition) is 1. The van der Waals surface area contributed by atoms with Gasteiger partial charge >= 0.3 is 0 Å². The standard InChI is InChI=1S/C13H20FNO3/c1-5-15-12(13(17-3)18-4)10-7-6-9(16-2)8-11(10)14/h6-8,12-13,15H,5H2,1-4H3. The molecule has 0 spiro atoms. The van der Waals surface area contributed by atoms with Gasteiger partial charge in [0.15, 0.2) is 6.29 Å². The van der Waals surface area contributed by atoms with Crippen LogP contribution in [0, 0.1) is 5.82 Å². The van der Waals surface area contributed by atoms with Crippen molar-refractivity contribution < 1.29 is 18.6 Å². The van der Waals surface area contributed by atoms with Crippen molar-refractivity contribution in [3.05, 3.63) is 29.6 Å². The molecule has 0 aromatic heterocycles. The van der Waals surface area contributed by atoms with Crippen LogP contribution < -0.4 is 10.1 Å². The molecule has 0 aliphatic heterocycles. The second-order valence-corrected chi connectivity index (χ2v) is 3.76. The maximum atomic E-state index is 14.0. The van der Waals surface area contributed by atoms with Crippen LogP contribution in [-0.2, 0) is 9.47 Å². The highest BCUT2D eigenvalue weighted by molar-refractivity contribution is 5.31. The van der Waals surface area contributed by atoms with Crippen LogP contribution in [0.25, 0.3) is 0 Å². The molecule has 102 valence electrons. The fourth-order valence-corrected chi connectivity index (χ4v) is 1.83. The Balaban J connectivity index is 3.04. The van der Waals surface area contributed by atoms with Gasteiger partial charge in [0, 0.05) is 25.8 Å². The highest BCUT2D eigenvalue weighted by atomic mass is 19.1. The average Bonchev–Trinajstić information content (AvgIpc) is 2.39. The predicted octanol–water partition coefficient (Wildman–Crippen LogP) is 2.10. The van der Waals surface area contributed by atoms with Crippen LogP contribution in [0.2, 0.25) is 0 Å². The zero-order valence-corrected chi connectivity index (χ0v) is 11.2. The molecule has 1 aromatic carbocycles. The summed E-state index contributed by atoms with van der Waals surface area (Å²) in [5, 5.41) is 3.15. The van der Waals surface area contributed by atoms with Gasteiger partial charge < -0.3 is 19.5 Å². The summed E-state index contributed by atoms with van der Waals surface area (Å²) in [6, 6.07) is 4.37. The maximum absolute atomic E-state index is 14.0. The minimum Gasteiger partial charge on any atom is -0.497 e. The normalized spacial score (nSPS) is 12.8. The molecule has 1 unspecified atom stereocenters. The smallest absolute Gasteiger partial charge is 0.176 e. The summed E-state index contributed by atoms with van der Waals surface area (Å²) in [4.78, 5) is 0. The van der Waals surface area contributed by atoms with Crippen molar-refractivity contribution in [2.24, 2.45) is 0 Å². The van der Waals surface area contributed by atoms with Crippen molar-refractivity contribution in [1.29, 1.82) is 0 Å². The zero-order chi connectivity index (χ0) is 13.5. The number of benzene rings is 1. The van der Waals surface area contributed by atoms with E-state index in [1.807, 2.05) is 6.92 Å². The van der Waals surface area contributed by atoms with Crippen molar-refractivity contribution in [3.8, 4) is 5.75 Å². The number of halogens is 1. The van der Waals surface area contributed by atoms with Gasteiger partial charge in [0.1, 0.15) is 11.6 Å². The van der Waals surface area contributed by atoms with Gasteiger partial charge in [-0.3, -0.25) is 0 Å². The Morgan fingerprint density at radius 2 is 1.89 bits per heavy atom. The third-order valence-corrected chi connectivity index (χ3v) is 2.70. The first kappa shape index (κ1) is 14.9. The summed E-state index contributed by atoms with van der Waals surface area (Å²) in [5.74, 6) is 0.136. The lowest BCUT2D eigenvalue weighted by molar-refractivity contribution is -0.124. The minimum atomic E-state index is -0.548. The molecule has 0 amide bonds. The van der Waals surface area contributed by atoms with Crippen LogP contribution in [0.5, 0.6) is 5.75 Å². The van der Waals surface area contributed by atoms with E-state index in [9.17, 15) is 4.39 Å². The molecule has 1 N–H and O–H groups in total. The van der Waals surface area contributed by atoms with Crippen LogP contribution >= 0.6 is 0 Å². The topological polar surface area (TPSA) is 39.7 Å². The van der Waals surface area contributed by atoms with Crippen LogP contribution in [0.4, 0.5) is 4.39 Å². The van der Waals surface area contributed by atoms with Gasteiger partial charge in [-0.2, -0.15) is 0 Å². The largest absolute Gasteiger partial charge is 0.497 e. The van der Waals surface area contributed by atoms with Crippen molar-refractivity contribution in [1.82, 2.24) is 5.32 Å². The Morgan fingerprint density at radius 3 is 2.33 bits per heavy atom. The van der Waals surface area contributed by atoms with Gasteiger partial charge in [-0.15, -0.1) is 0 Å². The van der Waals surface area contributed by atoms with Gasteiger partial charge in [0.2, 0.25) is 0 Å². The van der Waals surface area contributed by atoms with Crippen molar-refractivity contribution >= 4 is 0 Å². The molecule has 1 rings (SSSR count). The molecule has 5 heteroatoms. The number of methoxy groups -OCH3 is 3. The molecule has 4 nitrogen and oxygen atoms in total. The number of ether oxygens (including phenoxy) is 3. The van der Waals surface area contributed by atoms with E-state index in [1.165, 1.54) is 27.4 Å². The summed E-state index contributed by atoms with van der Waals surface area (Å²) in [5.41, 5.74) is 0.492. The third kappa shape index (κ3) is 3.41. The Labute approximate surface area is 107 Å². The summed E-state index contributed by atoms with van der Waals surface area (Å²) in [6.45, 7) is 2.62. The van der Waals surface area contributed by atoms with E-state index in [0.29, 0.717) is 17.9 Å². The van der Waals surface area contributed by atoms with E-state index in [2.05, 4.69) is 5.32 Å². The molecule has 0 radical (unpaired) electrons. The van der Waals surface area contributed by atoms with E-state index in [0.717, 1.165) is 0 Å². The molecule has 1 aromatic rings. The van der Waals surface area contributed by atoms with E-state index in [-0.39, 0.29) is 11.9 Å². The molecule has 0 aliphatic rings. The van der Waals surface area contributed by atoms with Crippen molar-refractivity contribution in [3.63, 3.8) is 0 Å². The molecule has 0 aliphatic carbocycles. The van der Waals surface area contributed by atoms with Gasteiger partial charge in [0.25, 0.3) is 0 Å². The van der Waals surface area contributed by atoms with Crippen molar-refractivity contribution in [2.75, 3.05) is 27.9 Å². The quantitative estimate of drug-likeness (QED) is 0.759. The summed E-state index contributed by atoms with van der Waals surface area (Å²) < 4.78 is 29.4. The van der Waals surface area contributed by atoms with Crippen molar-refractivity contribution in [2.45, 2.75) is 19.3 Å². The van der Waals surface area contributed by atoms with Crippen LogP contribution in [0.3, 0.4) is 0 Å². The maximum Gasteiger partial charge on any atom is 0.176 e. The molecule has 0 saturated heterocycles. The van der Waals surface area contributed by atoms with Gasteiger partial charge in [-0.1, -0.05) is 13.0 Å². The molecule has 18 heavy (non-hydrogen) atoms. The number of hydrogen-bond acceptors (Lipinski definition) is 4. The van der Waals surface area contributed by atoms with Crippen LogP contribution in [0.15, 0.2) is 18.2 Å². The Morgan fingerprint density at radius 1 is 1.22 bits per heavy atom. The lowest BCUT2D eigenvalue weighted by Gasteiger charge is -2.26. The fraction of sp³-hybridized carbons (Fsp3) is 0.538. The Hall–Kier alpha value is -1.17. The molecular formula is C13H20FNO3. The number of likely N-dealkylation sites (N-methyl/N-ethyl adjacent to an activating group) is 1. The third-order valence-electron chi connectivity index (χ3n) is 2.70. The summed E-state index contributed by atoms with van der Waals surface area (Å²) in [7, 11) is 4.56. The minimum absolute atomic E-state index is 0.348.